The molecule has 0 atom stereocenters. The molecule has 0 spiro atoms. The summed E-state index contributed by atoms with van der Waals surface area (Å²) < 4.78 is 9.62. The van der Waals surface area contributed by atoms with E-state index in [0.717, 1.165) is 34.8 Å². The molecule has 0 fully saturated rings. The van der Waals surface area contributed by atoms with E-state index in [1.807, 2.05) is 11.3 Å². The van der Waals surface area contributed by atoms with Gasteiger partial charge in [-0.1, -0.05) is 109 Å². The summed E-state index contributed by atoms with van der Waals surface area (Å²) in [4.78, 5) is 0. The first-order valence-electron chi connectivity index (χ1n) is 16.1. The van der Waals surface area contributed by atoms with Gasteiger partial charge in [-0.25, -0.2) is 0 Å². The maximum Gasteiger partial charge on any atom is 0.143 e. The van der Waals surface area contributed by atoms with E-state index in [1.54, 1.807) is 0 Å². The SMILES string of the molecule is C1=c2sc3cccc4cc(-c5c6ccccc6c(-c6c7ccccc7cc7c6oc6ccccc67)c6ccccc56)c(c2c43)CC1. The van der Waals surface area contributed by atoms with Gasteiger partial charge in [0.25, 0.3) is 0 Å². The Balaban J connectivity index is 1.36. The van der Waals surface area contributed by atoms with E-state index in [0.29, 0.717) is 0 Å². The number of hydrogen-bond donors (Lipinski definition) is 0. The molecule has 46 heavy (non-hydrogen) atoms. The van der Waals surface area contributed by atoms with Crippen LogP contribution in [0.3, 0.4) is 0 Å². The predicted molar refractivity (Wildman–Crippen MR) is 198 cm³/mol. The zero-order valence-corrected chi connectivity index (χ0v) is 25.7. The van der Waals surface area contributed by atoms with Crippen molar-refractivity contribution < 1.29 is 4.42 Å². The molecule has 0 bridgehead atoms. The number of benzene rings is 8. The molecule has 1 aliphatic carbocycles. The molecule has 1 aliphatic rings. The lowest BCUT2D eigenvalue weighted by Gasteiger charge is -2.22. The van der Waals surface area contributed by atoms with Crippen molar-refractivity contribution in [3.05, 3.63) is 137 Å². The number of rotatable bonds is 2. The standard InChI is InChI=1S/C44H26OS/c1-2-13-27-25(11-1)23-35-28-14-7-8-20-36(28)45-44(35)43(27)41-31-17-5-3-15-29(31)40(30-16-4-6-18-32(30)41)34-24-26-12-9-21-37-39(26)42-33(34)19-10-22-38(42)46-37/h1-9,11-18,20-24H,10,19H2. The first-order valence-corrected chi connectivity index (χ1v) is 16.9. The van der Waals surface area contributed by atoms with E-state index < -0.39 is 0 Å². The average Bonchev–Trinajstić information content (AvgIpc) is 3.68. The summed E-state index contributed by atoms with van der Waals surface area (Å²) >= 11 is 1.95. The number of para-hydroxylation sites is 1. The van der Waals surface area contributed by atoms with Gasteiger partial charge in [0, 0.05) is 41.9 Å². The Labute approximate surface area is 268 Å². The minimum atomic E-state index is 0.925. The fraction of sp³-hybridized carbons (Fsp3) is 0.0455. The van der Waals surface area contributed by atoms with E-state index in [9.17, 15) is 0 Å². The summed E-state index contributed by atoms with van der Waals surface area (Å²) in [6.45, 7) is 0. The highest BCUT2D eigenvalue weighted by atomic mass is 32.1. The van der Waals surface area contributed by atoms with Crippen molar-refractivity contribution in [2.45, 2.75) is 12.8 Å². The third-order valence-corrected chi connectivity index (χ3v) is 11.4. The molecule has 0 amide bonds. The lowest BCUT2D eigenvalue weighted by molar-refractivity contribution is 0.670. The van der Waals surface area contributed by atoms with Crippen molar-refractivity contribution in [3.8, 4) is 22.3 Å². The summed E-state index contributed by atoms with van der Waals surface area (Å²) in [5.41, 5.74) is 8.51. The largest absolute Gasteiger partial charge is 0.455 e. The molecule has 2 heteroatoms. The molecule has 2 heterocycles. The second-order valence-electron chi connectivity index (χ2n) is 12.6. The van der Waals surface area contributed by atoms with Crippen LogP contribution < -0.4 is 4.53 Å². The lowest BCUT2D eigenvalue weighted by atomic mass is 9.81. The van der Waals surface area contributed by atoms with Gasteiger partial charge in [-0.15, -0.1) is 11.3 Å². The third kappa shape index (κ3) is 3.19. The molecule has 2 aromatic heterocycles. The van der Waals surface area contributed by atoms with Crippen LogP contribution in [0.25, 0.3) is 103 Å². The zero-order valence-electron chi connectivity index (χ0n) is 24.9. The molecule has 0 radical (unpaired) electrons. The third-order valence-electron chi connectivity index (χ3n) is 10.3. The van der Waals surface area contributed by atoms with Crippen LogP contribution in [-0.2, 0) is 6.42 Å². The lowest BCUT2D eigenvalue weighted by Crippen LogP contribution is -2.06. The van der Waals surface area contributed by atoms with E-state index in [-0.39, 0.29) is 0 Å². The van der Waals surface area contributed by atoms with Crippen LogP contribution >= 0.6 is 11.3 Å². The van der Waals surface area contributed by atoms with Gasteiger partial charge in [0.2, 0.25) is 0 Å². The first-order chi connectivity index (χ1) is 22.8. The Hall–Kier alpha value is -5.44. The number of thiophene rings is 1. The molecular formula is C44H26OS. The highest BCUT2D eigenvalue weighted by Gasteiger charge is 2.25. The van der Waals surface area contributed by atoms with Gasteiger partial charge in [0.05, 0.1) is 0 Å². The molecule has 0 N–H and O–H groups in total. The van der Waals surface area contributed by atoms with Crippen LogP contribution in [-0.4, -0.2) is 0 Å². The predicted octanol–water partition coefficient (Wildman–Crippen LogP) is 12.2. The van der Waals surface area contributed by atoms with Gasteiger partial charge in [0.1, 0.15) is 11.2 Å². The molecule has 0 saturated heterocycles. The van der Waals surface area contributed by atoms with Crippen molar-refractivity contribution in [3.63, 3.8) is 0 Å². The van der Waals surface area contributed by atoms with Crippen molar-refractivity contribution >= 4 is 92.5 Å². The number of fused-ring (bicyclic) bond motifs is 6. The van der Waals surface area contributed by atoms with Crippen LogP contribution in [0.5, 0.6) is 0 Å². The average molecular weight is 603 g/mol. The van der Waals surface area contributed by atoms with Gasteiger partial charge >= 0.3 is 0 Å². The second kappa shape index (κ2) is 9.06. The van der Waals surface area contributed by atoms with E-state index in [1.165, 1.54) is 85.5 Å². The Bertz CT molecular complexity index is 2920. The molecular weight excluding hydrogens is 577 g/mol. The quantitative estimate of drug-likeness (QED) is 0.179. The molecule has 0 aliphatic heterocycles. The second-order valence-corrected chi connectivity index (χ2v) is 13.7. The van der Waals surface area contributed by atoms with Crippen LogP contribution in [0, 0.1) is 0 Å². The fourth-order valence-electron chi connectivity index (χ4n) is 8.42. The Morgan fingerprint density at radius 2 is 1.15 bits per heavy atom. The van der Waals surface area contributed by atoms with Crippen molar-refractivity contribution in [1.82, 2.24) is 0 Å². The minimum absolute atomic E-state index is 0.925. The highest BCUT2D eigenvalue weighted by Crippen LogP contribution is 2.50. The Kier molecular flexibility index (Phi) is 4.89. The van der Waals surface area contributed by atoms with Gasteiger partial charge in [-0.3, -0.25) is 0 Å². The molecule has 8 aromatic carbocycles. The van der Waals surface area contributed by atoms with Crippen molar-refractivity contribution in [1.29, 1.82) is 0 Å². The molecule has 0 saturated carbocycles. The number of furan rings is 1. The number of aryl methyl sites for hydroxylation is 1. The summed E-state index contributed by atoms with van der Waals surface area (Å²) in [7, 11) is 0. The normalized spacial score (nSPS) is 13.2. The maximum atomic E-state index is 6.79. The Morgan fingerprint density at radius 1 is 0.500 bits per heavy atom. The van der Waals surface area contributed by atoms with Gasteiger partial charge < -0.3 is 4.42 Å². The molecule has 214 valence electrons. The maximum absolute atomic E-state index is 6.79. The van der Waals surface area contributed by atoms with Gasteiger partial charge in [-0.05, 0) is 91.5 Å². The fourth-order valence-corrected chi connectivity index (χ4v) is 9.66. The zero-order chi connectivity index (χ0) is 29.9. The van der Waals surface area contributed by atoms with Gasteiger partial charge in [-0.2, -0.15) is 0 Å². The van der Waals surface area contributed by atoms with Crippen molar-refractivity contribution in [2.75, 3.05) is 0 Å². The molecule has 10 aromatic rings. The highest BCUT2D eigenvalue weighted by molar-refractivity contribution is 7.18. The smallest absolute Gasteiger partial charge is 0.143 e. The minimum Gasteiger partial charge on any atom is -0.455 e. The van der Waals surface area contributed by atoms with E-state index >= 15 is 0 Å². The summed E-state index contributed by atoms with van der Waals surface area (Å²) in [6, 6.07) is 46.9. The van der Waals surface area contributed by atoms with Gasteiger partial charge in [0.15, 0.2) is 0 Å². The number of hydrogen-bond acceptors (Lipinski definition) is 2. The Morgan fingerprint density at radius 3 is 1.93 bits per heavy atom. The van der Waals surface area contributed by atoms with E-state index in [4.69, 9.17) is 4.42 Å². The summed E-state index contributed by atoms with van der Waals surface area (Å²) in [5.74, 6) is 0. The monoisotopic (exact) mass is 602 g/mol. The van der Waals surface area contributed by atoms with Crippen LogP contribution in [0.4, 0.5) is 0 Å². The van der Waals surface area contributed by atoms with E-state index in [2.05, 4.69) is 133 Å². The van der Waals surface area contributed by atoms with Crippen LogP contribution in [0.1, 0.15) is 12.0 Å². The van der Waals surface area contributed by atoms with Crippen LogP contribution in [0.2, 0.25) is 0 Å². The topological polar surface area (TPSA) is 13.1 Å². The summed E-state index contributed by atoms with van der Waals surface area (Å²) in [6.07, 6.45) is 4.59. The molecule has 0 unspecified atom stereocenters. The molecule has 1 nitrogen and oxygen atoms in total. The van der Waals surface area contributed by atoms with Crippen molar-refractivity contribution in [2.24, 2.45) is 0 Å². The summed E-state index contributed by atoms with van der Waals surface area (Å²) in [5, 5.41) is 14.1. The molecule has 11 rings (SSSR count). The van der Waals surface area contributed by atoms with Crippen LogP contribution in [0.15, 0.2) is 132 Å². The first kappa shape index (κ1) is 24.8.